The van der Waals surface area contributed by atoms with Gasteiger partial charge < -0.3 is 15.4 Å². The monoisotopic (exact) mass is 508 g/mol. The number of sulfonamides is 1. The van der Waals surface area contributed by atoms with Gasteiger partial charge in [0.15, 0.2) is 5.96 Å². The number of hydrogen-bond donors (Lipinski definition) is 2. The van der Waals surface area contributed by atoms with Crippen LogP contribution in [0.5, 0.6) is 0 Å². The minimum atomic E-state index is -4.45. The van der Waals surface area contributed by atoms with E-state index in [1.165, 1.54) is 0 Å². The molecule has 0 aromatic rings. The molecule has 7 nitrogen and oxygen atoms in total. The molecule has 3 atom stereocenters. The second-order valence-electron chi connectivity index (χ2n) is 6.96. The molecule has 26 heavy (non-hydrogen) atoms. The molecule has 3 rings (SSSR count). The minimum absolute atomic E-state index is 0. The third-order valence-electron chi connectivity index (χ3n) is 5.37. The van der Waals surface area contributed by atoms with E-state index in [9.17, 15) is 17.2 Å². The number of guanidine groups is 1. The number of fused-ring (bicyclic) bond motifs is 2. The van der Waals surface area contributed by atoms with Gasteiger partial charge in [0, 0.05) is 26.7 Å². The van der Waals surface area contributed by atoms with E-state index in [2.05, 4.69) is 15.6 Å². The number of piperidine rings is 1. The zero-order valence-electron chi connectivity index (χ0n) is 14.7. The molecule has 3 heterocycles. The van der Waals surface area contributed by atoms with E-state index in [-0.39, 0.29) is 55.1 Å². The van der Waals surface area contributed by atoms with Crippen molar-refractivity contribution >= 4 is 40.0 Å². The third kappa shape index (κ3) is 4.96. The first-order valence-corrected chi connectivity index (χ1v) is 10.3. The van der Waals surface area contributed by atoms with Crippen LogP contribution in [0.1, 0.15) is 32.1 Å². The van der Waals surface area contributed by atoms with Crippen LogP contribution in [0.15, 0.2) is 4.99 Å². The van der Waals surface area contributed by atoms with Gasteiger partial charge in [0.25, 0.3) is 10.0 Å². The lowest BCUT2D eigenvalue weighted by atomic mass is 9.95. The van der Waals surface area contributed by atoms with Crippen LogP contribution in [-0.4, -0.2) is 69.4 Å². The summed E-state index contributed by atoms with van der Waals surface area (Å²) in [5.74, 6) is -2.39. The highest BCUT2D eigenvalue weighted by molar-refractivity contribution is 14.0. The van der Waals surface area contributed by atoms with Crippen molar-refractivity contribution in [3.63, 3.8) is 0 Å². The Morgan fingerprint density at radius 2 is 1.96 bits per heavy atom. The number of aliphatic imine (C=N–C) groups is 1. The second kappa shape index (κ2) is 9.28. The van der Waals surface area contributed by atoms with Gasteiger partial charge in [-0.15, -0.1) is 24.0 Å². The minimum Gasteiger partial charge on any atom is -0.373 e. The standard InChI is InChI=1S/C15H26F2N4O3S.HI/c1-18-15(20-12-8-11-2-3-13(12)24-11)19-9-10-4-6-21(7-5-10)25(22,23)14(16)17;/h10-14H,2-9H2,1H3,(H2,18,19,20);1H. The van der Waals surface area contributed by atoms with Crippen molar-refractivity contribution in [2.75, 3.05) is 26.7 Å². The summed E-state index contributed by atoms with van der Waals surface area (Å²) in [5.41, 5.74) is 0. The lowest BCUT2D eigenvalue weighted by Crippen LogP contribution is -2.49. The molecular weight excluding hydrogens is 481 g/mol. The maximum absolute atomic E-state index is 12.6. The van der Waals surface area contributed by atoms with Crippen LogP contribution in [0.3, 0.4) is 0 Å². The Morgan fingerprint density at radius 3 is 2.46 bits per heavy atom. The van der Waals surface area contributed by atoms with E-state index in [0.29, 0.717) is 31.4 Å². The number of hydrogen-bond acceptors (Lipinski definition) is 4. The molecule has 3 saturated heterocycles. The Bertz CT molecular complexity index is 600. The predicted octanol–water partition coefficient (Wildman–Crippen LogP) is 1.35. The summed E-state index contributed by atoms with van der Waals surface area (Å²) < 4.78 is 54.8. The maximum Gasteiger partial charge on any atom is 0.350 e. The molecule has 0 amide bonds. The molecule has 0 aromatic carbocycles. The van der Waals surface area contributed by atoms with Crippen LogP contribution in [0, 0.1) is 5.92 Å². The summed E-state index contributed by atoms with van der Waals surface area (Å²) in [6.07, 6.45) is 4.95. The molecule has 0 radical (unpaired) electrons. The lowest BCUT2D eigenvalue weighted by molar-refractivity contribution is 0.0992. The van der Waals surface area contributed by atoms with Crippen molar-refractivity contribution in [2.24, 2.45) is 10.9 Å². The molecule has 2 bridgehead atoms. The molecule has 3 fully saturated rings. The van der Waals surface area contributed by atoms with Crippen molar-refractivity contribution in [3.8, 4) is 0 Å². The fourth-order valence-corrected chi connectivity index (χ4v) is 4.83. The maximum atomic E-state index is 12.6. The van der Waals surface area contributed by atoms with Gasteiger partial charge in [0.05, 0.1) is 18.2 Å². The largest absolute Gasteiger partial charge is 0.373 e. The van der Waals surface area contributed by atoms with Gasteiger partial charge in [-0.3, -0.25) is 4.99 Å². The fraction of sp³-hybridized carbons (Fsp3) is 0.933. The van der Waals surface area contributed by atoms with Crippen LogP contribution < -0.4 is 10.6 Å². The van der Waals surface area contributed by atoms with Gasteiger partial charge in [-0.1, -0.05) is 0 Å². The molecule has 0 spiro atoms. The van der Waals surface area contributed by atoms with E-state index >= 15 is 0 Å². The molecular formula is C15H27F2IN4O3S. The highest BCUT2D eigenvalue weighted by Crippen LogP contribution is 2.34. The number of halogens is 3. The van der Waals surface area contributed by atoms with E-state index in [1.807, 2.05) is 0 Å². The second-order valence-corrected chi connectivity index (χ2v) is 8.86. The van der Waals surface area contributed by atoms with E-state index in [4.69, 9.17) is 4.74 Å². The summed E-state index contributed by atoms with van der Waals surface area (Å²) in [5, 5.41) is 6.66. The third-order valence-corrected chi connectivity index (χ3v) is 6.90. The Morgan fingerprint density at radius 1 is 1.27 bits per heavy atom. The number of nitrogens with zero attached hydrogens (tertiary/aromatic N) is 2. The predicted molar refractivity (Wildman–Crippen MR) is 105 cm³/mol. The van der Waals surface area contributed by atoms with Gasteiger partial charge in [0.1, 0.15) is 0 Å². The number of rotatable bonds is 5. The van der Waals surface area contributed by atoms with E-state index in [1.54, 1.807) is 7.05 Å². The summed E-state index contributed by atoms with van der Waals surface area (Å²) in [6.45, 7) is 0.931. The van der Waals surface area contributed by atoms with E-state index < -0.39 is 15.8 Å². The average molecular weight is 508 g/mol. The molecule has 3 unspecified atom stereocenters. The zero-order valence-corrected chi connectivity index (χ0v) is 17.9. The zero-order chi connectivity index (χ0) is 18.0. The number of nitrogens with one attached hydrogen (secondary N) is 2. The summed E-state index contributed by atoms with van der Waals surface area (Å²) in [4.78, 5) is 4.23. The van der Waals surface area contributed by atoms with Gasteiger partial charge in [-0.25, -0.2) is 8.42 Å². The first kappa shape index (κ1) is 22.0. The van der Waals surface area contributed by atoms with Gasteiger partial charge >= 0.3 is 5.76 Å². The molecule has 2 N–H and O–H groups in total. The summed E-state index contributed by atoms with van der Waals surface area (Å²) in [6, 6.07) is 0.281. The van der Waals surface area contributed by atoms with Crippen molar-refractivity contribution < 1.29 is 21.9 Å². The highest BCUT2D eigenvalue weighted by atomic mass is 127. The molecule has 152 valence electrons. The number of ether oxygens (including phenoxy) is 1. The molecule has 11 heteroatoms. The van der Waals surface area contributed by atoms with Crippen LogP contribution in [0.25, 0.3) is 0 Å². The Labute approximate surface area is 170 Å². The van der Waals surface area contributed by atoms with E-state index in [0.717, 1.165) is 23.6 Å². The van der Waals surface area contributed by atoms with Crippen molar-refractivity contribution in [1.82, 2.24) is 14.9 Å². The summed E-state index contributed by atoms with van der Waals surface area (Å²) in [7, 11) is -2.74. The molecule has 0 aromatic heterocycles. The Hall–Kier alpha value is -0.270. The fourth-order valence-electron chi connectivity index (χ4n) is 3.88. The molecule has 0 aliphatic carbocycles. The van der Waals surface area contributed by atoms with Crippen LogP contribution in [0.2, 0.25) is 0 Å². The highest BCUT2D eigenvalue weighted by Gasteiger charge is 2.41. The average Bonchev–Trinajstić information content (AvgIpc) is 3.21. The van der Waals surface area contributed by atoms with Crippen molar-refractivity contribution in [2.45, 2.75) is 56.1 Å². The topological polar surface area (TPSA) is 83.0 Å². The molecule has 0 saturated carbocycles. The quantitative estimate of drug-likeness (QED) is 0.333. The van der Waals surface area contributed by atoms with Crippen LogP contribution >= 0.6 is 24.0 Å². The van der Waals surface area contributed by atoms with Gasteiger partial charge in [-0.2, -0.15) is 13.1 Å². The first-order chi connectivity index (χ1) is 11.9. The van der Waals surface area contributed by atoms with Crippen molar-refractivity contribution in [1.29, 1.82) is 0 Å². The summed E-state index contributed by atoms with van der Waals surface area (Å²) >= 11 is 0. The van der Waals surface area contributed by atoms with Crippen molar-refractivity contribution in [3.05, 3.63) is 0 Å². The Balaban J connectivity index is 0.00000243. The van der Waals surface area contributed by atoms with Gasteiger partial charge in [-0.05, 0) is 38.0 Å². The normalized spacial score (nSPS) is 30.5. The van der Waals surface area contributed by atoms with Crippen LogP contribution in [-0.2, 0) is 14.8 Å². The van der Waals surface area contributed by atoms with Crippen LogP contribution in [0.4, 0.5) is 8.78 Å². The molecule has 3 aliphatic rings. The lowest BCUT2D eigenvalue weighted by Gasteiger charge is -2.31. The molecule has 3 aliphatic heterocycles. The SMILES string of the molecule is CN=C(NCC1CCN(S(=O)(=O)C(F)F)CC1)NC1CC2CCC1O2.I. The van der Waals surface area contributed by atoms with Gasteiger partial charge in [0.2, 0.25) is 0 Å². The first-order valence-electron chi connectivity index (χ1n) is 8.80. The Kier molecular flexibility index (Phi) is 7.86. The number of alkyl halides is 2. The smallest absolute Gasteiger partial charge is 0.350 e.